The molecule has 1 heterocycles. The lowest BCUT2D eigenvalue weighted by atomic mass is 9.84. The third kappa shape index (κ3) is 2.60. The molecule has 2 N–H and O–H groups in total. The molecule has 1 fully saturated rings. The highest BCUT2D eigenvalue weighted by Crippen LogP contribution is 2.55. The predicted molar refractivity (Wildman–Crippen MR) is 81.5 cm³/mol. The molecule has 1 saturated carbocycles. The Balaban J connectivity index is 2.18. The molecule has 19 heavy (non-hydrogen) atoms. The van der Waals surface area contributed by atoms with Crippen molar-refractivity contribution >= 4 is 29.5 Å². The average Bonchev–Trinajstić information content (AvgIpc) is 3.06. The fraction of sp³-hybridized carbons (Fsp3) is 0.643. The van der Waals surface area contributed by atoms with Crippen LogP contribution in [-0.2, 0) is 4.79 Å². The van der Waals surface area contributed by atoms with E-state index in [4.69, 9.17) is 0 Å². The molecule has 0 spiro atoms. The van der Waals surface area contributed by atoms with Crippen molar-refractivity contribution in [2.75, 3.05) is 6.26 Å². The summed E-state index contributed by atoms with van der Waals surface area (Å²) in [6.07, 6.45) is 9.59. The van der Waals surface area contributed by atoms with Crippen molar-refractivity contribution in [1.29, 1.82) is 0 Å². The second-order valence-electron chi connectivity index (χ2n) is 5.70. The minimum absolute atomic E-state index is 0.0892. The topological polar surface area (TPSA) is 57.5 Å². The fourth-order valence-electron chi connectivity index (χ4n) is 2.49. The van der Waals surface area contributed by atoms with Crippen LogP contribution < -0.4 is 0 Å². The van der Waals surface area contributed by atoms with E-state index in [1.54, 1.807) is 17.8 Å². The molecule has 5 heteroatoms. The third-order valence-electron chi connectivity index (χ3n) is 4.22. The van der Waals surface area contributed by atoms with E-state index in [0.29, 0.717) is 0 Å². The van der Waals surface area contributed by atoms with Crippen LogP contribution in [0.1, 0.15) is 26.7 Å². The van der Waals surface area contributed by atoms with E-state index in [0.717, 1.165) is 12.8 Å². The zero-order chi connectivity index (χ0) is 14.3. The van der Waals surface area contributed by atoms with Crippen molar-refractivity contribution in [3.8, 4) is 0 Å². The van der Waals surface area contributed by atoms with E-state index >= 15 is 0 Å². The van der Waals surface area contributed by atoms with Crippen LogP contribution in [0, 0.1) is 5.41 Å². The van der Waals surface area contributed by atoms with Crippen LogP contribution in [0.2, 0.25) is 0 Å². The van der Waals surface area contributed by atoms with Gasteiger partial charge >= 0.3 is 5.97 Å². The van der Waals surface area contributed by atoms with Crippen LogP contribution in [-0.4, -0.2) is 38.0 Å². The van der Waals surface area contributed by atoms with Gasteiger partial charge in [-0.3, -0.25) is 4.79 Å². The molecule has 3 atom stereocenters. The minimum atomic E-state index is -0.889. The minimum Gasteiger partial charge on any atom is -0.480 e. The van der Waals surface area contributed by atoms with E-state index in [2.05, 4.69) is 0 Å². The number of thioether (sulfide) groups is 2. The van der Waals surface area contributed by atoms with Crippen molar-refractivity contribution < 1.29 is 15.0 Å². The van der Waals surface area contributed by atoms with Gasteiger partial charge in [-0.05, 0) is 31.4 Å². The molecule has 0 bridgehead atoms. The summed E-state index contributed by atoms with van der Waals surface area (Å²) in [6, 6.07) is 0. The summed E-state index contributed by atoms with van der Waals surface area (Å²) < 4.78 is -0.0892. The first-order chi connectivity index (χ1) is 8.76. The first-order valence-electron chi connectivity index (χ1n) is 6.30. The van der Waals surface area contributed by atoms with Crippen LogP contribution in [0.25, 0.3) is 0 Å². The Morgan fingerprint density at radius 1 is 1.58 bits per heavy atom. The Kier molecular flexibility index (Phi) is 3.84. The van der Waals surface area contributed by atoms with Crippen LogP contribution in [0.5, 0.6) is 0 Å². The number of rotatable bonds is 5. The van der Waals surface area contributed by atoms with E-state index in [1.807, 2.05) is 37.7 Å². The molecule has 0 aromatic carbocycles. The molecule has 0 aromatic heterocycles. The molecule has 2 aliphatic rings. The first kappa shape index (κ1) is 15.0. The molecular formula is C14H20O3S2. The first-order valence-corrected chi connectivity index (χ1v) is 8.47. The zero-order valence-electron chi connectivity index (χ0n) is 11.4. The van der Waals surface area contributed by atoms with Gasteiger partial charge in [-0.25, -0.2) is 0 Å². The summed E-state index contributed by atoms with van der Waals surface area (Å²) in [5, 5.41) is 21.2. The highest BCUT2D eigenvalue weighted by molar-refractivity contribution is 8.03. The highest BCUT2D eigenvalue weighted by Gasteiger charge is 2.55. The Labute approximate surface area is 122 Å². The van der Waals surface area contributed by atoms with Gasteiger partial charge in [0.15, 0.2) is 0 Å². The number of carbonyl (C=O) groups is 1. The molecule has 1 aliphatic carbocycles. The smallest absolute Gasteiger partial charge is 0.318 e. The van der Waals surface area contributed by atoms with Gasteiger partial charge in [-0.2, -0.15) is 11.8 Å². The van der Waals surface area contributed by atoms with E-state index in [1.165, 1.54) is 11.8 Å². The maximum Gasteiger partial charge on any atom is 0.318 e. The molecule has 0 radical (unpaired) electrons. The normalized spacial score (nSPS) is 35.5. The molecule has 3 nitrogen and oxygen atoms in total. The van der Waals surface area contributed by atoms with Crippen molar-refractivity contribution in [2.45, 2.75) is 42.3 Å². The van der Waals surface area contributed by atoms with Crippen LogP contribution in [0.4, 0.5) is 0 Å². The molecule has 0 saturated heterocycles. The lowest BCUT2D eigenvalue weighted by Crippen LogP contribution is -2.38. The summed E-state index contributed by atoms with van der Waals surface area (Å²) in [6.45, 7) is 3.71. The largest absolute Gasteiger partial charge is 0.480 e. The SMILES string of the molecule is CSC1(C(C)(O)/C=C/C2(C)C=CSC2C(=O)O)CC1. The second kappa shape index (κ2) is 4.86. The summed E-state index contributed by atoms with van der Waals surface area (Å²) >= 11 is 3.01. The highest BCUT2D eigenvalue weighted by atomic mass is 32.2. The van der Waals surface area contributed by atoms with Gasteiger partial charge in [-0.15, -0.1) is 11.8 Å². The lowest BCUT2D eigenvalue weighted by Gasteiger charge is -2.31. The number of hydrogen-bond donors (Lipinski definition) is 2. The Hall–Kier alpha value is -0.390. The molecule has 0 amide bonds. The Morgan fingerprint density at radius 2 is 2.21 bits per heavy atom. The molecule has 3 unspecified atom stereocenters. The summed E-state index contributed by atoms with van der Waals surface area (Å²) in [5.41, 5.74) is -1.42. The standard InChI is InChI=1S/C14H20O3S2/c1-12(8-9-19-10(12)11(15)16)4-5-13(2,17)14(18-3)6-7-14/h4-5,8-10,17H,6-7H2,1-3H3,(H,15,16)/b5-4+. The summed E-state index contributed by atoms with van der Waals surface area (Å²) in [5.74, 6) is -0.812. The van der Waals surface area contributed by atoms with Gasteiger partial charge in [0.25, 0.3) is 0 Å². The molecule has 2 rings (SSSR count). The maximum absolute atomic E-state index is 11.2. The Morgan fingerprint density at radius 3 is 2.68 bits per heavy atom. The summed E-state index contributed by atoms with van der Waals surface area (Å²) in [7, 11) is 0. The van der Waals surface area contributed by atoms with Crippen LogP contribution in [0.15, 0.2) is 23.6 Å². The van der Waals surface area contributed by atoms with Crippen molar-refractivity contribution in [3.63, 3.8) is 0 Å². The number of carboxylic acid groups (broad SMARTS) is 1. The fourth-order valence-corrected chi connectivity index (χ4v) is 4.58. The van der Waals surface area contributed by atoms with Crippen molar-refractivity contribution in [1.82, 2.24) is 0 Å². The Bertz CT molecular complexity index is 438. The van der Waals surface area contributed by atoms with Crippen LogP contribution >= 0.6 is 23.5 Å². The maximum atomic E-state index is 11.2. The molecule has 0 aromatic rings. The second-order valence-corrected chi connectivity index (χ2v) is 7.91. The number of allylic oxidation sites excluding steroid dienone is 2. The molecular weight excluding hydrogens is 280 g/mol. The quantitative estimate of drug-likeness (QED) is 0.765. The molecule has 106 valence electrons. The number of aliphatic hydroxyl groups is 1. The lowest BCUT2D eigenvalue weighted by molar-refractivity contribution is -0.137. The van der Waals surface area contributed by atoms with E-state index in [9.17, 15) is 15.0 Å². The van der Waals surface area contributed by atoms with Gasteiger partial charge in [0.2, 0.25) is 0 Å². The summed E-state index contributed by atoms with van der Waals surface area (Å²) in [4.78, 5) is 11.2. The zero-order valence-corrected chi connectivity index (χ0v) is 13.1. The number of hydrogen-bond acceptors (Lipinski definition) is 4. The van der Waals surface area contributed by atoms with E-state index < -0.39 is 22.2 Å². The van der Waals surface area contributed by atoms with Crippen LogP contribution in [0.3, 0.4) is 0 Å². The third-order valence-corrected chi connectivity index (χ3v) is 7.09. The van der Waals surface area contributed by atoms with Gasteiger partial charge in [0.1, 0.15) is 5.25 Å². The van der Waals surface area contributed by atoms with Gasteiger partial charge in [0.05, 0.1) is 5.60 Å². The van der Waals surface area contributed by atoms with Crippen molar-refractivity contribution in [3.05, 3.63) is 23.6 Å². The monoisotopic (exact) mass is 300 g/mol. The molecule has 1 aliphatic heterocycles. The van der Waals surface area contributed by atoms with E-state index in [-0.39, 0.29) is 4.75 Å². The number of carboxylic acids is 1. The van der Waals surface area contributed by atoms with Crippen molar-refractivity contribution in [2.24, 2.45) is 5.41 Å². The average molecular weight is 300 g/mol. The van der Waals surface area contributed by atoms with Gasteiger partial charge < -0.3 is 10.2 Å². The van der Waals surface area contributed by atoms with Gasteiger partial charge in [0, 0.05) is 10.2 Å². The predicted octanol–water partition coefficient (Wildman–Crippen LogP) is 2.91. The number of aliphatic carboxylic acids is 1. The van der Waals surface area contributed by atoms with Gasteiger partial charge in [-0.1, -0.05) is 25.2 Å².